The number of halogens is 1. The molecule has 3 rings (SSSR count). The van der Waals surface area contributed by atoms with E-state index in [-0.39, 0.29) is 17.8 Å². The van der Waals surface area contributed by atoms with E-state index in [9.17, 15) is 4.79 Å². The summed E-state index contributed by atoms with van der Waals surface area (Å²) < 4.78 is 10.4. The van der Waals surface area contributed by atoms with Crippen molar-refractivity contribution in [2.75, 3.05) is 0 Å². The molecular formula is C18H15ClN2O3S. The van der Waals surface area contributed by atoms with Crippen LogP contribution in [0.5, 0.6) is 0 Å². The van der Waals surface area contributed by atoms with Crippen LogP contribution in [0.25, 0.3) is 11.5 Å². The highest BCUT2D eigenvalue weighted by atomic mass is 35.5. The summed E-state index contributed by atoms with van der Waals surface area (Å²) in [5.74, 6) is 0.251. The number of hydrogen-bond acceptors (Lipinski definition) is 6. The first-order valence-corrected chi connectivity index (χ1v) is 8.85. The van der Waals surface area contributed by atoms with Crippen LogP contribution in [0, 0.1) is 0 Å². The zero-order chi connectivity index (χ0) is 17.6. The molecule has 0 spiro atoms. The van der Waals surface area contributed by atoms with E-state index in [0.29, 0.717) is 22.3 Å². The number of ether oxygens (including phenoxy) is 1. The Hall–Kier alpha value is -2.31. The molecule has 5 nitrogen and oxygen atoms in total. The summed E-state index contributed by atoms with van der Waals surface area (Å²) in [5, 5.41) is 4.00. The zero-order valence-electron chi connectivity index (χ0n) is 13.4. The molecule has 0 aliphatic carbocycles. The molecule has 3 aromatic rings. The lowest BCUT2D eigenvalue weighted by atomic mass is 10.2. The van der Waals surface area contributed by atoms with Gasteiger partial charge in [-0.15, -0.1) is 11.8 Å². The zero-order valence-corrected chi connectivity index (χ0v) is 15.0. The van der Waals surface area contributed by atoms with Crippen LogP contribution in [-0.2, 0) is 16.1 Å². The first kappa shape index (κ1) is 17.5. The van der Waals surface area contributed by atoms with Crippen molar-refractivity contribution in [2.24, 2.45) is 0 Å². The molecule has 1 aromatic heterocycles. The van der Waals surface area contributed by atoms with E-state index in [2.05, 4.69) is 10.1 Å². The van der Waals surface area contributed by atoms with Crippen LogP contribution in [0.1, 0.15) is 12.7 Å². The lowest BCUT2D eigenvalue weighted by Gasteiger charge is -2.09. The predicted molar refractivity (Wildman–Crippen MR) is 96.3 cm³/mol. The summed E-state index contributed by atoms with van der Waals surface area (Å²) in [7, 11) is 0. The fourth-order valence-corrected chi connectivity index (χ4v) is 3.16. The molecule has 0 radical (unpaired) electrons. The van der Waals surface area contributed by atoms with Gasteiger partial charge in [0.15, 0.2) is 6.61 Å². The molecule has 2 aromatic carbocycles. The molecule has 0 aliphatic heterocycles. The molecule has 0 aliphatic rings. The summed E-state index contributed by atoms with van der Waals surface area (Å²) in [6, 6.07) is 16.8. The summed E-state index contributed by atoms with van der Waals surface area (Å²) in [6.07, 6.45) is 0. The van der Waals surface area contributed by atoms with Gasteiger partial charge in [0, 0.05) is 4.90 Å². The van der Waals surface area contributed by atoms with Crippen LogP contribution in [0.3, 0.4) is 0 Å². The first-order chi connectivity index (χ1) is 12.1. The number of carbonyl (C=O) groups excluding carboxylic acids is 1. The fraction of sp³-hybridized carbons (Fsp3) is 0.167. The van der Waals surface area contributed by atoms with E-state index in [1.54, 1.807) is 19.1 Å². The Labute approximate surface area is 154 Å². The molecule has 0 amide bonds. The molecule has 1 atom stereocenters. The maximum absolute atomic E-state index is 12.1. The third-order valence-electron chi connectivity index (χ3n) is 3.30. The van der Waals surface area contributed by atoms with E-state index in [1.165, 1.54) is 11.8 Å². The summed E-state index contributed by atoms with van der Waals surface area (Å²) >= 11 is 7.53. The van der Waals surface area contributed by atoms with Crippen molar-refractivity contribution in [3.05, 3.63) is 65.4 Å². The predicted octanol–water partition coefficient (Wildman–Crippen LogP) is 4.61. The number of rotatable bonds is 6. The second kappa shape index (κ2) is 8.18. The Bertz CT molecular complexity index is 854. The van der Waals surface area contributed by atoms with Gasteiger partial charge in [0.1, 0.15) is 5.25 Å². The second-order valence-electron chi connectivity index (χ2n) is 5.18. The van der Waals surface area contributed by atoms with Crippen molar-refractivity contribution in [3.8, 4) is 11.5 Å². The van der Waals surface area contributed by atoms with Crippen molar-refractivity contribution < 1.29 is 14.1 Å². The first-order valence-electron chi connectivity index (χ1n) is 7.59. The van der Waals surface area contributed by atoms with Crippen molar-refractivity contribution >= 4 is 29.3 Å². The van der Waals surface area contributed by atoms with E-state index in [0.717, 1.165) is 4.90 Å². The standard InChI is InChI=1S/C18H15ClN2O3S/c1-12(25-13-7-3-2-4-8-13)18(22)23-11-16-20-17(24-21-16)14-9-5-6-10-15(14)19/h2-10,12H,11H2,1H3. The molecule has 0 saturated carbocycles. The van der Waals surface area contributed by atoms with E-state index in [1.807, 2.05) is 42.5 Å². The molecule has 1 unspecified atom stereocenters. The number of nitrogens with zero attached hydrogens (tertiary/aromatic N) is 2. The van der Waals surface area contributed by atoms with E-state index in [4.69, 9.17) is 20.9 Å². The summed E-state index contributed by atoms with van der Waals surface area (Å²) in [5.41, 5.74) is 0.641. The van der Waals surface area contributed by atoms with Gasteiger partial charge in [0.2, 0.25) is 5.82 Å². The third-order valence-corrected chi connectivity index (χ3v) is 4.72. The fourth-order valence-electron chi connectivity index (χ4n) is 2.06. The molecule has 0 saturated heterocycles. The summed E-state index contributed by atoms with van der Waals surface area (Å²) in [4.78, 5) is 17.3. The van der Waals surface area contributed by atoms with Crippen molar-refractivity contribution in [1.29, 1.82) is 0 Å². The Morgan fingerprint density at radius 2 is 1.92 bits per heavy atom. The Kier molecular flexibility index (Phi) is 5.73. The topological polar surface area (TPSA) is 65.2 Å². The lowest BCUT2D eigenvalue weighted by Crippen LogP contribution is -2.17. The molecule has 128 valence electrons. The highest BCUT2D eigenvalue weighted by Crippen LogP contribution is 2.26. The third kappa shape index (κ3) is 4.61. The van der Waals surface area contributed by atoms with Crippen molar-refractivity contribution in [1.82, 2.24) is 10.1 Å². The van der Waals surface area contributed by atoms with Gasteiger partial charge >= 0.3 is 5.97 Å². The normalized spacial score (nSPS) is 11.9. The number of thioether (sulfide) groups is 1. The molecule has 0 fully saturated rings. The minimum Gasteiger partial charge on any atom is -0.456 e. The number of esters is 1. The molecule has 0 N–H and O–H groups in total. The number of hydrogen-bond donors (Lipinski definition) is 0. The highest BCUT2D eigenvalue weighted by molar-refractivity contribution is 8.00. The quantitative estimate of drug-likeness (QED) is 0.463. The van der Waals surface area contributed by atoms with E-state index >= 15 is 0 Å². The molecule has 1 heterocycles. The number of benzene rings is 2. The van der Waals surface area contributed by atoms with Gasteiger partial charge in [0.05, 0.1) is 10.6 Å². The van der Waals surface area contributed by atoms with Gasteiger partial charge in [0.25, 0.3) is 5.89 Å². The second-order valence-corrected chi connectivity index (χ2v) is 7.00. The molecular weight excluding hydrogens is 360 g/mol. The van der Waals surface area contributed by atoms with Gasteiger partial charge in [-0.1, -0.05) is 47.1 Å². The molecule has 7 heteroatoms. The average Bonchev–Trinajstić information content (AvgIpc) is 3.09. The van der Waals surface area contributed by atoms with Gasteiger partial charge in [-0.05, 0) is 31.2 Å². The highest BCUT2D eigenvalue weighted by Gasteiger charge is 2.18. The van der Waals surface area contributed by atoms with Crippen LogP contribution in [-0.4, -0.2) is 21.4 Å². The number of carbonyl (C=O) groups is 1. The molecule has 0 bridgehead atoms. The Morgan fingerprint density at radius 1 is 1.20 bits per heavy atom. The van der Waals surface area contributed by atoms with Crippen molar-refractivity contribution in [3.63, 3.8) is 0 Å². The smallest absolute Gasteiger partial charge is 0.319 e. The van der Waals surface area contributed by atoms with E-state index < -0.39 is 0 Å². The van der Waals surface area contributed by atoms with Gasteiger partial charge in [-0.3, -0.25) is 4.79 Å². The van der Waals surface area contributed by atoms with Crippen molar-refractivity contribution in [2.45, 2.75) is 23.7 Å². The SMILES string of the molecule is CC(Sc1ccccc1)C(=O)OCc1noc(-c2ccccc2Cl)n1. The number of aromatic nitrogens is 2. The summed E-state index contributed by atoms with van der Waals surface area (Å²) in [6.45, 7) is 1.75. The lowest BCUT2D eigenvalue weighted by molar-refractivity contribution is -0.144. The van der Waals surface area contributed by atoms with Gasteiger partial charge in [-0.25, -0.2) is 0 Å². The molecule has 25 heavy (non-hydrogen) atoms. The van der Waals surface area contributed by atoms with Crippen LogP contribution in [0.2, 0.25) is 5.02 Å². The minimum absolute atomic E-state index is 0.0491. The monoisotopic (exact) mass is 374 g/mol. The van der Waals surface area contributed by atoms with Crippen LogP contribution < -0.4 is 0 Å². The van der Waals surface area contributed by atoms with Gasteiger partial charge < -0.3 is 9.26 Å². The Morgan fingerprint density at radius 3 is 2.68 bits per heavy atom. The van der Waals surface area contributed by atoms with Gasteiger partial charge in [-0.2, -0.15) is 4.98 Å². The van der Waals surface area contributed by atoms with Crippen LogP contribution in [0.15, 0.2) is 64.0 Å². The minimum atomic E-state index is -0.336. The maximum atomic E-state index is 12.1. The van der Waals surface area contributed by atoms with Crippen LogP contribution in [0.4, 0.5) is 0 Å². The Balaban J connectivity index is 1.57. The van der Waals surface area contributed by atoms with Crippen LogP contribution >= 0.6 is 23.4 Å². The largest absolute Gasteiger partial charge is 0.456 e. The average molecular weight is 375 g/mol. The maximum Gasteiger partial charge on any atom is 0.319 e.